The van der Waals surface area contributed by atoms with Gasteiger partial charge < -0.3 is 15.4 Å². The summed E-state index contributed by atoms with van der Waals surface area (Å²) >= 11 is 6.08. The van der Waals surface area contributed by atoms with Gasteiger partial charge in [0.1, 0.15) is 5.75 Å². The Kier molecular flexibility index (Phi) is 5.62. The predicted molar refractivity (Wildman–Crippen MR) is 129 cm³/mol. The second-order valence-electron chi connectivity index (χ2n) is 8.22. The molecule has 3 aromatic carbocycles. The van der Waals surface area contributed by atoms with Crippen molar-refractivity contribution < 1.29 is 9.53 Å². The van der Waals surface area contributed by atoms with E-state index in [2.05, 4.69) is 10.6 Å². The van der Waals surface area contributed by atoms with Gasteiger partial charge in [0.05, 0.1) is 24.0 Å². The van der Waals surface area contributed by atoms with Crippen LogP contribution in [-0.2, 0) is 4.79 Å². The highest BCUT2D eigenvalue weighted by molar-refractivity contribution is 6.30. The van der Waals surface area contributed by atoms with Gasteiger partial charge in [0.2, 0.25) is 0 Å². The summed E-state index contributed by atoms with van der Waals surface area (Å²) in [4.78, 5) is 13.5. The van der Waals surface area contributed by atoms with Crippen LogP contribution in [0.1, 0.15) is 42.9 Å². The lowest BCUT2D eigenvalue weighted by Gasteiger charge is -2.30. The third kappa shape index (κ3) is 3.98. The minimum Gasteiger partial charge on any atom is -0.494 e. The van der Waals surface area contributed by atoms with E-state index in [1.807, 2.05) is 79.7 Å². The first-order valence-electron chi connectivity index (χ1n) is 11.0. The fraction of sp³-hybridized carbons (Fsp3) is 0.222. The molecule has 0 fully saturated rings. The fourth-order valence-corrected chi connectivity index (χ4v) is 4.76. The number of rotatable bonds is 4. The van der Waals surface area contributed by atoms with Crippen LogP contribution >= 0.6 is 11.6 Å². The number of para-hydroxylation sites is 2. The molecule has 0 spiro atoms. The Labute approximate surface area is 193 Å². The van der Waals surface area contributed by atoms with Crippen molar-refractivity contribution in [1.82, 2.24) is 0 Å². The molecule has 0 unspecified atom stereocenters. The summed E-state index contributed by atoms with van der Waals surface area (Å²) in [5.74, 6) is 1.12. The van der Waals surface area contributed by atoms with E-state index in [0.29, 0.717) is 18.1 Å². The van der Waals surface area contributed by atoms with Crippen LogP contribution in [0.25, 0.3) is 0 Å². The quantitative estimate of drug-likeness (QED) is 0.469. The number of nitrogens with one attached hydrogen (secondary N) is 2. The van der Waals surface area contributed by atoms with Crippen LogP contribution in [0.4, 0.5) is 11.4 Å². The third-order valence-corrected chi connectivity index (χ3v) is 6.43. The number of benzene rings is 3. The molecule has 5 rings (SSSR count). The molecule has 0 saturated heterocycles. The zero-order chi connectivity index (χ0) is 22.1. The average molecular weight is 445 g/mol. The molecule has 0 amide bonds. The molecule has 1 aliphatic carbocycles. The second-order valence-corrected chi connectivity index (χ2v) is 8.66. The molecular weight excluding hydrogens is 420 g/mol. The minimum atomic E-state index is -0.226. The van der Waals surface area contributed by atoms with Crippen LogP contribution < -0.4 is 15.4 Å². The molecule has 0 radical (unpaired) electrons. The van der Waals surface area contributed by atoms with E-state index in [-0.39, 0.29) is 17.7 Å². The number of hydrogen-bond acceptors (Lipinski definition) is 4. The van der Waals surface area contributed by atoms with Crippen LogP contribution in [0.15, 0.2) is 84.1 Å². The maximum absolute atomic E-state index is 13.5. The van der Waals surface area contributed by atoms with Gasteiger partial charge in [0.15, 0.2) is 5.78 Å². The predicted octanol–water partition coefficient (Wildman–Crippen LogP) is 6.72. The molecule has 1 heterocycles. The molecule has 5 heteroatoms. The largest absolute Gasteiger partial charge is 0.494 e. The molecule has 2 aliphatic rings. The zero-order valence-electron chi connectivity index (χ0n) is 17.9. The number of fused-ring (bicyclic) bond motifs is 1. The lowest BCUT2D eigenvalue weighted by molar-refractivity contribution is -0.116. The first-order chi connectivity index (χ1) is 15.6. The molecule has 162 valence electrons. The van der Waals surface area contributed by atoms with Gasteiger partial charge in [-0.1, -0.05) is 48.0 Å². The van der Waals surface area contributed by atoms with Crippen LogP contribution in [-0.4, -0.2) is 12.4 Å². The van der Waals surface area contributed by atoms with Gasteiger partial charge in [-0.15, -0.1) is 0 Å². The number of halogens is 1. The Bertz CT molecular complexity index is 1170. The van der Waals surface area contributed by atoms with Crippen molar-refractivity contribution in [3.05, 3.63) is 100 Å². The number of ketones is 1. The summed E-state index contributed by atoms with van der Waals surface area (Å²) < 4.78 is 5.61. The Hall–Kier alpha value is -3.24. The number of anilines is 2. The van der Waals surface area contributed by atoms with E-state index in [4.69, 9.17) is 16.3 Å². The van der Waals surface area contributed by atoms with E-state index in [0.717, 1.165) is 45.9 Å². The molecule has 32 heavy (non-hydrogen) atoms. The summed E-state index contributed by atoms with van der Waals surface area (Å²) in [5, 5.41) is 7.90. The van der Waals surface area contributed by atoms with Crippen LogP contribution in [0, 0.1) is 0 Å². The highest BCUT2D eigenvalue weighted by Gasteiger charge is 2.36. The molecule has 4 nitrogen and oxygen atoms in total. The average Bonchev–Trinajstić information content (AvgIpc) is 2.97. The number of hydrogen-bond donors (Lipinski definition) is 2. The molecule has 0 aromatic heterocycles. The van der Waals surface area contributed by atoms with Crippen molar-refractivity contribution in [2.45, 2.75) is 31.7 Å². The zero-order valence-corrected chi connectivity index (χ0v) is 18.7. The van der Waals surface area contributed by atoms with Gasteiger partial charge >= 0.3 is 0 Å². The number of ether oxygens (including phenoxy) is 1. The first kappa shape index (κ1) is 20.7. The Morgan fingerprint density at radius 1 is 0.906 bits per heavy atom. The SMILES string of the molecule is CCOc1ccc([C@@H]2Nc3ccccc3NC3=C2C(=O)C[C@H](c2ccc(Cl)cc2)C3)cc1. The fourth-order valence-electron chi connectivity index (χ4n) is 4.64. The van der Waals surface area contributed by atoms with Gasteiger partial charge in [-0.05, 0) is 66.8 Å². The number of carbonyl (C=O) groups excluding carboxylic acids is 1. The summed E-state index contributed by atoms with van der Waals surface area (Å²) in [7, 11) is 0. The van der Waals surface area contributed by atoms with Gasteiger partial charge in [0.25, 0.3) is 0 Å². The third-order valence-electron chi connectivity index (χ3n) is 6.17. The lowest BCUT2D eigenvalue weighted by Crippen LogP contribution is -2.26. The molecule has 2 N–H and O–H groups in total. The van der Waals surface area contributed by atoms with Crippen LogP contribution in [0.5, 0.6) is 5.75 Å². The minimum absolute atomic E-state index is 0.122. The molecule has 1 aliphatic heterocycles. The summed E-state index contributed by atoms with van der Waals surface area (Å²) in [6.07, 6.45) is 1.25. The van der Waals surface area contributed by atoms with Crippen molar-refractivity contribution in [3.8, 4) is 5.75 Å². The highest BCUT2D eigenvalue weighted by atomic mass is 35.5. The van der Waals surface area contributed by atoms with E-state index in [1.54, 1.807) is 0 Å². The van der Waals surface area contributed by atoms with Crippen molar-refractivity contribution >= 4 is 28.8 Å². The second kappa shape index (κ2) is 8.71. The van der Waals surface area contributed by atoms with E-state index >= 15 is 0 Å². The Morgan fingerprint density at radius 2 is 1.59 bits per heavy atom. The van der Waals surface area contributed by atoms with Crippen molar-refractivity contribution in [1.29, 1.82) is 0 Å². The van der Waals surface area contributed by atoms with E-state index in [9.17, 15) is 4.79 Å². The monoisotopic (exact) mass is 444 g/mol. The standard InChI is InChI=1S/C27H25ClN2O2/c1-2-32-21-13-9-18(10-14-21)27-26-24(29-22-5-3-4-6-23(22)30-27)15-19(16-25(26)31)17-7-11-20(28)12-8-17/h3-14,19,27,29-30H,2,15-16H2,1H3/t19-,27+/m1/s1. The van der Waals surface area contributed by atoms with E-state index < -0.39 is 0 Å². The smallest absolute Gasteiger partial charge is 0.163 e. The van der Waals surface area contributed by atoms with Crippen LogP contribution in [0.2, 0.25) is 5.02 Å². The van der Waals surface area contributed by atoms with E-state index in [1.165, 1.54) is 0 Å². The topological polar surface area (TPSA) is 50.4 Å². The maximum atomic E-state index is 13.5. The molecular formula is C27H25ClN2O2. The Balaban J connectivity index is 1.56. The summed E-state index contributed by atoms with van der Waals surface area (Å²) in [5.41, 5.74) is 5.94. The van der Waals surface area contributed by atoms with Gasteiger partial charge in [-0.3, -0.25) is 4.79 Å². The Morgan fingerprint density at radius 3 is 2.31 bits per heavy atom. The van der Waals surface area contributed by atoms with Crippen molar-refractivity contribution in [3.63, 3.8) is 0 Å². The lowest BCUT2D eigenvalue weighted by atomic mass is 9.78. The normalized spacial score (nSPS) is 19.9. The first-order valence-corrected chi connectivity index (χ1v) is 11.4. The molecule has 0 saturated carbocycles. The molecule has 3 aromatic rings. The number of Topliss-reactive ketones (excluding diaryl/α,β-unsaturated/α-hetero) is 1. The summed E-state index contributed by atoms with van der Waals surface area (Å²) in [6, 6.07) is 23.7. The number of carbonyl (C=O) groups is 1. The molecule has 2 atom stereocenters. The summed E-state index contributed by atoms with van der Waals surface area (Å²) in [6.45, 7) is 2.59. The highest BCUT2D eigenvalue weighted by Crippen LogP contribution is 2.44. The van der Waals surface area contributed by atoms with Gasteiger partial charge in [0, 0.05) is 22.7 Å². The van der Waals surface area contributed by atoms with Gasteiger partial charge in [-0.25, -0.2) is 0 Å². The van der Waals surface area contributed by atoms with Crippen molar-refractivity contribution in [2.24, 2.45) is 0 Å². The molecule has 0 bridgehead atoms. The number of allylic oxidation sites excluding steroid dienone is 1. The maximum Gasteiger partial charge on any atom is 0.163 e. The van der Waals surface area contributed by atoms with Gasteiger partial charge in [-0.2, -0.15) is 0 Å². The van der Waals surface area contributed by atoms with Crippen molar-refractivity contribution in [2.75, 3.05) is 17.2 Å². The van der Waals surface area contributed by atoms with Crippen LogP contribution in [0.3, 0.4) is 0 Å².